The van der Waals surface area contributed by atoms with Gasteiger partial charge in [-0.2, -0.15) is 0 Å². The smallest absolute Gasteiger partial charge is 0.211 e. The van der Waals surface area contributed by atoms with E-state index < -0.39 is 10.0 Å². The highest BCUT2D eigenvalue weighted by Crippen LogP contribution is 2.15. The van der Waals surface area contributed by atoms with Crippen LogP contribution in [0.15, 0.2) is 36.5 Å². The Bertz CT molecular complexity index is 618. The molecule has 1 N–H and O–H groups in total. The van der Waals surface area contributed by atoms with E-state index in [9.17, 15) is 8.42 Å². The number of aromatic nitrogens is 1. The third kappa shape index (κ3) is 2.81. The minimum atomic E-state index is -3.16. The summed E-state index contributed by atoms with van der Waals surface area (Å²) in [5, 5.41) is 1.01. The summed E-state index contributed by atoms with van der Waals surface area (Å²) in [7, 11) is -3.16. The molecule has 0 amide bonds. The lowest BCUT2D eigenvalue weighted by atomic mass is 10.1. The third-order valence-electron chi connectivity index (χ3n) is 2.58. The molecule has 4 nitrogen and oxygen atoms in total. The summed E-state index contributed by atoms with van der Waals surface area (Å²) in [6.07, 6.45) is 1.71. The monoisotopic (exact) mass is 250 g/mol. The normalized spacial score (nSPS) is 11.8. The average Bonchev–Trinajstić information content (AvgIpc) is 2.36. The largest absolute Gasteiger partial charge is 0.256 e. The van der Waals surface area contributed by atoms with Gasteiger partial charge in [0, 0.05) is 18.1 Å². The van der Waals surface area contributed by atoms with E-state index in [0.29, 0.717) is 0 Å². The van der Waals surface area contributed by atoms with Crippen molar-refractivity contribution in [1.82, 2.24) is 9.71 Å². The SMILES string of the molecule is CCS(=O)(=O)NCc1cccc2cccnc12. The number of fused-ring (bicyclic) bond motifs is 1. The first-order chi connectivity index (χ1) is 8.12. The van der Waals surface area contributed by atoms with E-state index in [-0.39, 0.29) is 12.3 Å². The fourth-order valence-electron chi connectivity index (χ4n) is 1.60. The minimum Gasteiger partial charge on any atom is -0.256 e. The molecule has 1 heterocycles. The molecule has 1 aromatic heterocycles. The van der Waals surface area contributed by atoms with Gasteiger partial charge in [0.2, 0.25) is 10.0 Å². The van der Waals surface area contributed by atoms with Crippen molar-refractivity contribution >= 4 is 20.9 Å². The quantitative estimate of drug-likeness (QED) is 0.898. The molecule has 5 heteroatoms. The first-order valence-corrected chi connectivity index (χ1v) is 7.07. The highest BCUT2D eigenvalue weighted by atomic mass is 32.2. The van der Waals surface area contributed by atoms with Crippen molar-refractivity contribution < 1.29 is 8.42 Å². The van der Waals surface area contributed by atoms with Crippen molar-refractivity contribution in [3.05, 3.63) is 42.1 Å². The highest BCUT2D eigenvalue weighted by molar-refractivity contribution is 7.89. The molecule has 17 heavy (non-hydrogen) atoms. The standard InChI is InChI=1S/C12H14N2O2S/c1-2-17(15,16)14-9-11-6-3-5-10-7-4-8-13-12(10)11/h3-8,14H,2,9H2,1H3. The average molecular weight is 250 g/mol. The maximum Gasteiger partial charge on any atom is 0.211 e. The predicted octanol–water partition coefficient (Wildman–Crippen LogP) is 1.67. The van der Waals surface area contributed by atoms with Gasteiger partial charge < -0.3 is 0 Å². The molecule has 0 saturated carbocycles. The summed E-state index contributed by atoms with van der Waals surface area (Å²) in [5.41, 5.74) is 1.73. The van der Waals surface area contributed by atoms with Gasteiger partial charge >= 0.3 is 0 Å². The zero-order valence-corrected chi connectivity index (χ0v) is 10.4. The van der Waals surface area contributed by atoms with E-state index in [1.807, 2.05) is 30.3 Å². The number of benzene rings is 1. The van der Waals surface area contributed by atoms with E-state index in [1.165, 1.54) is 0 Å². The fourth-order valence-corrected chi connectivity index (χ4v) is 2.18. The van der Waals surface area contributed by atoms with Crippen LogP contribution in [0, 0.1) is 0 Å². The topological polar surface area (TPSA) is 59.1 Å². The van der Waals surface area contributed by atoms with E-state index >= 15 is 0 Å². The lowest BCUT2D eigenvalue weighted by Gasteiger charge is -2.07. The molecule has 0 fully saturated rings. The van der Waals surface area contributed by atoms with Crippen LogP contribution in [0.1, 0.15) is 12.5 Å². The molecule has 0 atom stereocenters. The van der Waals surface area contributed by atoms with Gasteiger partial charge in [0.05, 0.1) is 11.3 Å². The molecule has 0 aliphatic carbocycles. The molecular formula is C12H14N2O2S. The van der Waals surface area contributed by atoms with Crippen molar-refractivity contribution in [2.45, 2.75) is 13.5 Å². The second-order valence-corrected chi connectivity index (χ2v) is 5.81. The van der Waals surface area contributed by atoms with Gasteiger partial charge in [-0.15, -0.1) is 0 Å². The molecule has 0 radical (unpaired) electrons. The lowest BCUT2D eigenvalue weighted by molar-refractivity contribution is 0.583. The van der Waals surface area contributed by atoms with Gasteiger partial charge in [-0.25, -0.2) is 13.1 Å². The molecule has 0 saturated heterocycles. The Kier molecular flexibility index (Phi) is 3.40. The van der Waals surface area contributed by atoms with Gasteiger partial charge in [-0.05, 0) is 18.6 Å². The molecule has 0 unspecified atom stereocenters. The Morgan fingerprint density at radius 3 is 2.76 bits per heavy atom. The number of pyridine rings is 1. The molecule has 90 valence electrons. The fraction of sp³-hybridized carbons (Fsp3) is 0.250. The van der Waals surface area contributed by atoms with Crippen molar-refractivity contribution in [3.63, 3.8) is 0 Å². The van der Waals surface area contributed by atoms with Crippen LogP contribution >= 0.6 is 0 Å². The molecule has 0 aliphatic rings. The van der Waals surface area contributed by atoms with E-state index in [0.717, 1.165) is 16.5 Å². The summed E-state index contributed by atoms with van der Waals surface area (Å²) in [6.45, 7) is 1.90. The predicted molar refractivity (Wildman–Crippen MR) is 68.0 cm³/mol. The van der Waals surface area contributed by atoms with Gasteiger partial charge in [0.1, 0.15) is 0 Å². The molecule has 0 spiro atoms. The number of nitrogens with one attached hydrogen (secondary N) is 1. The number of rotatable bonds is 4. The molecule has 2 rings (SSSR count). The zero-order valence-electron chi connectivity index (χ0n) is 9.55. The van der Waals surface area contributed by atoms with Gasteiger partial charge in [-0.3, -0.25) is 4.98 Å². The Morgan fingerprint density at radius 1 is 1.24 bits per heavy atom. The lowest BCUT2D eigenvalue weighted by Crippen LogP contribution is -2.24. The summed E-state index contributed by atoms with van der Waals surface area (Å²) in [5.74, 6) is 0.0885. The molecule has 2 aromatic rings. The molecular weight excluding hydrogens is 236 g/mol. The van der Waals surface area contributed by atoms with E-state index in [1.54, 1.807) is 13.1 Å². The van der Waals surface area contributed by atoms with Gasteiger partial charge in [0.15, 0.2) is 0 Å². The number of hydrogen-bond donors (Lipinski definition) is 1. The first-order valence-electron chi connectivity index (χ1n) is 5.42. The van der Waals surface area contributed by atoms with E-state index in [2.05, 4.69) is 9.71 Å². The maximum atomic E-state index is 11.4. The number of sulfonamides is 1. The van der Waals surface area contributed by atoms with Crippen molar-refractivity contribution in [3.8, 4) is 0 Å². The number of nitrogens with zero attached hydrogens (tertiary/aromatic N) is 1. The van der Waals surface area contributed by atoms with Crippen molar-refractivity contribution in [1.29, 1.82) is 0 Å². The third-order valence-corrected chi connectivity index (χ3v) is 3.92. The summed E-state index contributed by atoms with van der Waals surface area (Å²) < 4.78 is 25.3. The first kappa shape index (κ1) is 12.0. The van der Waals surface area contributed by atoms with Crippen LogP contribution < -0.4 is 4.72 Å². The van der Waals surface area contributed by atoms with Crippen LogP contribution in [0.3, 0.4) is 0 Å². The van der Waals surface area contributed by atoms with Crippen LogP contribution in [0.4, 0.5) is 0 Å². The van der Waals surface area contributed by atoms with Crippen molar-refractivity contribution in [2.24, 2.45) is 0 Å². The Hall–Kier alpha value is -1.46. The van der Waals surface area contributed by atoms with Gasteiger partial charge in [-0.1, -0.05) is 24.3 Å². The highest BCUT2D eigenvalue weighted by Gasteiger charge is 2.07. The van der Waals surface area contributed by atoms with Crippen molar-refractivity contribution in [2.75, 3.05) is 5.75 Å². The van der Waals surface area contributed by atoms with Crippen LogP contribution in [-0.2, 0) is 16.6 Å². The molecule has 1 aromatic carbocycles. The van der Waals surface area contributed by atoms with Crippen LogP contribution in [0.2, 0.25) is 0 Å². The summed E-state index contributed by atoms with van der Waals surface area (Å²) in [4.78, 5) is 4.27. The molecule has 0 bridgehead atoms. The number of hydrogen-bond acceptors (Lipinski definition) is 3. The van der Waals surface area contributed by atoms with Crippen LogP contribution in [0.5, 0.6) is 0 Å². The number of para-hydroxylation sites is 1. The Morgan fingerprint density at radius 2 is 2.00 bits per heavy atom. The second kappa shape index (κ2) is 4.81. The summed E-state index contributed by atoms with van der Waals surface area (Å²) >= 11 is 0. The van der Waals surface area contributed by atoms with E-state index in [4.69, 9.17) is 0 Å². The summed E-state index contributed by atoms with van der Waals surface area (Å²) in [6, 6.07) is 9.57. The van der Waals surface area contributed by atoms with Crippen LogP contribution in [-0.4, -0.2) is 19.2 Å². The maximum absolute atomic E-state index is 11.4. The molecule has 0 aliphatic heterocycles. The Labute approximate surface area is 101 Å². The minimum absolute atomic E-state index is 0.0885. The van der Waals surface area contributed by atoms with Crippen LogP contribution in [0.25, 0.3) is 10.9 Å². The van der Waals surface area contributed by atoms with Gasteiger partial charge in [0.25, 0.3) is 0 Å². The zero-order chi connectivity index (χ0) is 12.3. The Balaban J connectivity index is 2.31. The second-order valence-electron chi connectivity index (χ2n) is 3.72.